The first kappa shape index (κ1) is 65.9. The molecule has 0 aliphatic carbocycles. The van der Waals surface area contributed by atoms with Gasteiger partial charge >= 0.3 is 20.1 Å². The third-order valence-electron chi connectivity index (χ3n) is 10.9. The van der Waals surface area contributed by atoms with Crippen molar-refractivity contribution in [1.29, 1.82) is 0 Å². The Morgan fingerprint density at radius 2 is 0.410 bits per heavy atom. The van der Waals surface area contributed by atoms with Crippen molar-refractivity contribution in [3.8, 4) is 0 Å². The first-order chi connectivity index (χ1) is 29.3. The van der Waals surface area contributed by atoms with Crippen molar-refractivity contribution in [3.05, 3.63) is 36.5 Å². The summed E-state index contributed by atoms with van der Waals surface area (Å²) < 4.78 is 0. The summed E-state index contributed by atoms with van der Waals surface area (Å²) in [6, 6.07) is 0. The summed E-state index contributed by atoms with van der Waals surface area (Å²) in [4.78, 5) is 30.6. The second-order valence-corrected chi connectivity index (χ2v) is 17.1. The predicted octanol–water partition coefficient (Wildman–Crippen LogP) is 14.3. The molecule has 0 unspecified atom stereocenters. The number of rotatable bonds is 45. The summed E-state index contributed by atoms with van der Waals surface area (Å²) in [6.45, 7) is 6.77. The number of carbonyl (C=O) groups is 3. The van der Waals surface area contributed by atoms with Crippen molar-refractivity contribution < 1.29 is 49.8 Å². The van der Waals surface area contributed by atoms with Gasteiger partial charge in [-0.3, -0.25) is 0 Å². The van der Waals surface area contributed by atoms with E-state index in [0.717, 1.165) is 57.8 Å². The van der Waals surface area contributed by atoms with Gasteiger partial charge in [0, 0.05) is 17.9 Å². The molecule has 0 fully saturated rings. The molecular formula is C54H99IrO6. The largest absolute Gasteiger partial charge is 3.00 e. The van der Waals surface area contributed by atoms with Gasteiger partial charge in [-0.2, -0.15) is 0 Å². The number of carbonyl (C=O) groups excluding carboxylic acids is 3. The fourth-order valence-corrected chi connectivity index (χ4v) is 7.02. The number of aliphatic carboxylic acids is 3. The molecule has 0 aromatic carbocycles. The number of allylic oxidation sites excluding steroid dienone is 6. The van der Waals surface area contributed by atoms with E-state index in [0.29, 0.717) is 0 Å². The maximum absolute atomic E-state index is 10.2. The summed E-state index contributed by atoms with van der Waals surface area (Å²) in [5.41, 5.74) is 0. The van der Waals surface area contributed by atoms with E-state index >= 15 is 0 Å². The van der Waals surface area contributed by atoms with Crippen molar-refractivity contribution >= 4 is 17.9 Å². The zero-order chi connectivity index (χ0) is 44.7. The van der Waals surface area contributed by atoms with Crippen LogP contribution in [0, 0.1) is 0 Å². The van der Waals surface area contributed by atoms with Crippen molar-refractivity contribution in [2.45, 2.75) is 290 Å². The molecule has 0 saturated heterocycles. The van der Waals surface area contributed by atoms with Gasteiger partial charge in [-0.15, -0.1) is 0 Å². The van der Waals surface area contributed by atoms with E-state index in [1.165, 1.54) is 193 Å². The van der Waals surface area contributed by atoms with Crippen LogP contribution in [-0.2, 0) is 34.5 Å². The molecule has 0 heterocycles. The van der Waals surface area contributed by atoms with Gasteiger partial charge in [-0.05, 0) is 116 Å². The van der Waals surface area contributed by atoms with Gasteiger partial charge in [0.2, 0.25) is 0 Å². The Bertz CT molecular complexity index is 827. The second kappa shape index (κ2) is 62.6. The molecular weight excluding hydrogens is 937 g/mol. The SMILES string of the molecule is CCCCCCCCC=CCCCCCCCC(=O)[O-].CCCCCCCCC=CCCCCCCCC(=O)[O-].CCCCCCCCC=CCCCCCCCC(=O)[O-].[Ir+3]. The molecule has 0 rings (SSSR count). The Morgan fingerprint density at radius 3 is 0.574 bits per heavy atom. The standard InChI is InChI=1S/3C18H34O2.Ir/c3*1-2-3-4-5-6-7-8-9-10-11-12-13-14-15-16-17-18(19)20;/h3*9-10H,2-8,11-17H2,1H3,(H,19,20);/q;;;+3/p-3. The number of hydrogen-bond donors (Lipinski definition) is 0. The number of hydrogen-bond acceptors (Lipinski definition) is 6. The minimum Gasteiger partial charge on any atom is -0.550 e. The van der Waals surface area contributed by atoms with Crippen LogP contribution >= 0.6 is 0 Å². The molecule has 0 atom stereocenters. The van der Waals surface area contributed by atoms with Crippen LogP contribution in [0.2, 0.25) is 0 Å². The minimum atomic E-state index is -0.914. The average Bonchev–Trinajstić information content (AvgIpc) is 3.22. The van der Waals surface area contributed by atoms with Gasteiger partial charge in [-0.1, -0.05) is 211 Å². The third kappa shape index (κ3) is 76.0. The number of carboxylic acid groups (broad SMARTS) is 3. The van der Waals surface area contributed by atoms with Gasteiger partial charge in [0.15, 0.2) is 0 Å². The Balaban J connectivity index is -0.000000396. The molecule has 0 spiro atoms. The average molecular weight is 1040 g/mol. The Kier molecular flexibility index (Phi) is 67.6. The monoisotopic (exact) mass is 1040 g/mol. The zero-order valence-electron chi connectivity index (χ0n) is 40.4. The van der Waals surface area contributed by atoms with E-state index in [-0.39, 0.29) is 39.4 Å². The quantitative estimate of drug-likeness (QED) is 0.0442. The predicted molar refractivity (Wildman–Crippen MR) is 253 cm³/mol. The van der Waals surface area contributed by atoms with Gasteiger partial charge in [-0.25, -0.2) is 0 Å². The second-order valence-electron chi connectivity index (χ2n) is 17.1. The molecule has 0 saturated carbocycles. The van der Waals surface area contributed by atoms with Gasteiger partial charge < -0.3 is 29.7 Å². The van der Waals surface area contributed by atoms with E-state index < -0.39 is 17.9 Å². The van der Waals surface area contributed by atoms with Gasteiger partial charge in [0.1, 0.15) is 0 Å². The van der Waals surface area contributed by atoms with Crippen LogP contribution in [-0.4, -0.2) is 17.9 Å². The van der Waals surface area contributed by atoms with Crippen LogP contribution in [0.1, 0.15) is 290 Å². The first-order valence-electron chi connectivity index (χ1n) is 25.9. The number of carboxylic acids is 3. The molecule has 0 N–H and O–H groups in total. The van der Waals surface area contributed by atoms with E-state index in [9.17, 15) is 29.7 Å². The fourth-order valence-electron chi connectivity index (χ4n) is 7.02. The summed E-state index contributed by atoms with van der Waals surface area (Å²) >= 11 is 0. The molecule has 0 aromatic rings. The Hall–Kier alpha value is -1.72. The number of unbranched alkanes of at least 4 members (excludes halogenated alkanes) is 33. The third-order valence-corrected chi connectivity index (χ3v) is 10.9. The van der Waals surface area contributed by atoms with Crippen LogP contribution in [0.5, 0.6) is 0 Å². The smallest absolute Gasteiger partial charge is 0.550 e. The van der Waals surface area contributed by atoms with Crippen molar-refractivity contribution in [3.63, 3.8) is 0 Å². The minimum absolute atomic E-state index is 0. The van der Waals surface area contributed by atoms with Gasteiger partial charge in [0.25, 0.3) is 0 Å². The van der Waals surface area contributed by atoms with Crippen molar-refractivity contribution in [2.24, 2.45) is 0 Å². The molecule has 0 amide bonds. The molecule has 0 bridgehead atoms. The van der Waals surface area contributed by atoms with Crippen LogP contribution in [0.4, 0.5) is 0 Å². The van der Waals surface area contributed by atoms with E-state index in [4.69, 9.17) is 0 Å². The Labute approximate surface area is 392 Å². The maximum Gasteiger partial charge on any atom is 3.00 e. The van der Waals surface area contributed by atoms with Crippen LogP contribution in [0.15, 0.2) is 36.5 Å². The summed E-state index contributed by atoms with van der Waals surface area (Å²) in [6.07, 6.45) is 62.7. The molecule has 7 heteroatoms. The molecule has 6 nitrogen and oxygen atoms in total. The summed E-state index contributed by atoms with van der Waals surface area (Å²) in [5.74, 6) is -2.74. The van der Waals surface area contributed by atoms with Crippen LogP contribution < -0.4 is 15.3 Å². The maximum atomic E-state index is 10.2. The van der Waals surface area contributed by atoms with Crippen molar-refractivity contribution in [1.82, 2.24) is 0 Å². The summed E-state index contributed by atoms with van der Waals surface area (Å²) in [7, 11) is 0. The van der Waals surface area contributed by atoms with E-state index in [2.05, 4.69) is 57.2 Å². The molecule has 360 valence electrons. The fraction of sp³-hybridized carbons (Fsp3) is 0.833. The molecule has 0 aliphatic heterocycles. The zero-order valence-corrected chi connectivity index (χ0v) is 42.8. The van der Waals surface area contributed by atoms with E-state index in [1.807, 2.05) is 0 Å². The Morgan fingerprint density at radius 1 is 0.262 bits per heavy atom. The topological polar surface area (TPSA) is 120 Å². The summed E-state index contributed by atoms with van der Waals surface area (Å²) in [5, 5.41) is 30.6. The van der Waals surface area contributed by atoms with Crippen LogP contribution in [0.3, 0.4) is 0 Å². The molecule has 0 aliphatic rings. The molecule has 61 heavy (non-hydrogen) atoms. The van der Waals surface area contributed by atoms with E-state index in [1.54, 1.807) is 0 Å². The van der Waals surface area contributed by atoms with Crippen LogP contribution in [0.25, 0.3) is 0 Å². The first-order valence-corrected chi connectivity index (χ1v) is 25.9. The molecule has 0 aromatic heterocycles. The van der Waals surface area contributed by atoms with Crippen molar-refractivity contribution in [2.75, 3.05) is 0 Å². The molecule has 0 radical (unpaired) electrons. The normalized spacial score (nSPS) is 11.1. The van der Waals surface area contributed by atoms with Gasteiger partial charge in [0.05, 0.1) is 0 Å².